The lowest BCUT2D eigenvalue weighted by atomic mass is 9.75. The molecule has 1 aromatic heterocycles. The van der Waals surface area contributed by atoms with Gasteiger partial charge in [0.05, 0.1) is 12.3 Å². The minimum absolute atomic E-state index is 0.113. The summed E-state index contributed by atoms with van der Waals surface area (Å²) in [5, 5.41) is 2.99. The molecule has 2 saturated heterocycles. The second-order valence-electron chi connectivity index (χ2n) is 6.98. The van der Waals surface area contributed by atoms with Crippen LogP contribution in [0.4, 0.5) is 5.13 Å². The van der Waals surface area contributed by atoms with Crippen molar-refractivity contribution >= 4 is 28.3 Å². The lowest BCUT2D eigenvalue weighted by Gasteiger charge is -2.40. The van der Waals surface area contributed by atoms with E-state index in [1.54, 1.807) is 11.3 Å². The van der Waals surface area contributed by atoms with Gasteiger partial charge in [0.25, 0.3) is 0 Å². The summed E-state index contributed by atoms with van der Waals surface area (Å²) >= 11 is 1.63. The number of rotatable bonds is 2. The Bertz CT molecular complexity index is 605. The lowest BCUT2D eigenvalue weighted by molar-refractivity contribution is -0.155. The average Bonchev–Trinajstić information content (AvgIpc) is 3.24. The van der Waals surface area contributed by atoms with Crippen LogP contribution in [0.15, 0.2) is 11.6 Å². The van der Waals surface area contributed by atoms with E-state index in [0.29, 0.717) is 13.1 Å². The summed E-state index contributed by atoms with van der Waals surface area (Å²) in [4.78, 5) is 33.5. The van der Waals surface area contributed by atoms with Crippen LogP contribution in [0.1, 0.15) is 38.5 Å². The van der Waals surface area contributed by atoms with Gasteiger partial charge >= 0.3 is 5.97 Å². The Morgan fingerprint density at radius 3 is 2.62 bits per heavy atom. The molecular formula is C17H23N3O3S. The quantitative estimate of drug-likeness (QED) is 0.765. The van der Waals surface area contributed by atoms with Gasteiger partial charge in [-0.05, 0) is 25.7 Å². The summed E-state index contributed by atoms with van der Waals surface area (Å²) < 4.78 is 5.69. The predicted molar refractivity (Wildman–Crippen MR) is 90.9 cm³/mol. The van der Waals surface area contributed by atoms with Crippen LogP contribution in [-0.2, 0) is 14.3 Å². The number of hydrogen-bond acceptors (Lipinski definition) is 6. The molecule has 0 radical (unpaired) electrons. The Balaban J connectivity index is 1.43. The predicted octanol–water partition coefficient (Wildman–Crippen LogP) is 2.06. The maximum Gasteiger partial charge on any atom is 0.307 e. The first kappa shape index (κ1) is 15.9. The standard InChI is InChI=1S/C17H23N3O3S/c21-14-12-13(17(23-14)4-2-1-3-5-17)15(22)19-7-9-20(10-8-19)16-18-6-11-24-16/h6,11,13H,1-5,7-10,12H2/t13-/m0/s1. The Morgan fingerprint density at radius 2 is 1.96 bits per heavy atom. The molecule has 1 aliphatic carbocycles. The number of ether oxygens (including phenoxy) is 1. The molecule has 6 nitrogen and oxygen atoms in total. The third-order valence-corrected chi connectivity index (χ3v) is 6.43. The Kier molecular flexibility index (Phi) is 4.20. The number of piperazine rings is 1. The first-order valence-corrected chi connectivity index (χ1v) is 9.71. The molecule has 1 atom stereocenters. The van der Waals surface area contributed by atoms with E-state index >= 15 is 0 Å². The fraction of sp³-hybridized carbons (Fsp3) is 0.706. The Hall–Kier alpha value is -1.63. The molecule has 0 N–H and O–H groups in total. The summed E-state index contributed by atoms with van der Waals surface area (Å²) in [6.45, 7) is 2.99. The van der Waals surface area contributed by atoms with Crippen molar-refractivity contribution in [3.05, 3.63) is 11.6 Å². The van der Waals surface area contributed by atoms with Crippen LogP contribution < -0.4 is 4.90 Å². The second kappa shape index (κ2) is 6.35. The zero-order valence-electron chi connectivity index (χ0n) is 13.8. The van der Waals surface area contributed by atoms with Crippen molar-refractivity contribution in [2.45, 2.75) is 44.1 Å². The largest absolute Gasteiger partial charge is 0.458 e. The van der Waals surface area contributed by atoms with Crippen LogP contribution in [0.2, 0.25) is 0 Å². The lowest BCUT2D eigenvalue weighted by Crippen LogP contribution is -2.53. The molecule has 1 saturated carbocycles. The highest BCUT2D eigenvalue weighted by Gasteiger charge is 2.53. The van der Waals surface area contributed by atoms with E-state index in [0.717, 1.165) is 43.9 Å². The van der Waals surface area contributed by atoms with Crippen molar-refractivity contribution in [3.63, 3.8) is 0 Å². The number of thiazole rings is 1. The highest BCUT2D eigenvalue weighted by molar-refractivity contribution is 7.13. The SMILES string of the molecule is O=C1C[C@@H](C(=O)N2CCN(c3nccs3)CC2)C2(CCCCC2)O1. The highest BCUT2D eigenvalue weighted by atomic mass is 32.1. The van der Waals surface area contributed by atoms with Crippen molar-refractivity contribution in [3.8, 4) is 0 Å². The van der Waals surface area contributed by atoms with E-state index in [1.165, 1.54) is 6.42 Å². The van der Waals surface area contributed by atoms with Crippen molar-refractivity contribution < 1.29 is 14.3 Å². The van der Waals surface area contributed by atoms with Crippen molar-refractivity contribution in [2.24, 2.45) is 5.92 Å². The first-order chi connectivity index (χ1) is 11.7. The number of amides is 1. The molecule has 0 bridgehead atoms. The van der Waals surface area contributed by atoms with Crippen molar-refractivity contribution in [1.82, 2.24) is 9.88 Å². The van der Waals surface area contributed by atoms with Gasteiger partial charge < -0.3 is 14.5 Å². The third-order valence-electron chi connectivity index (χ3n) is 5.60. The van der Waals surface area contributed by atoms with Crippen molar-refractivity contribution in [1.29, 1.82) is 0 Å². The monoisotopic (exact) mass is 349 g/mol. The molecule has 130 valence electrons. The Labute approximate surface area is 145 Å². The van der Waals surface area contributed by atoms with Crippen LogP contribution in [0, 0.1) is 5.92 Å². The summed E-state index contributed by atoms with van der Waals surface area (Å²) in [7, 11) is 0. The van der Waals surface area contributed by atoms with Gasteiger partial charge in [-0.25, -0.2) is 4.98 Å². The number of nitrogens with zero attached hydrogens (tertiary/aromatic N) is 3. The van der Waals surface area contributed by atoms with Gasteiger partial charge in [0.15, 0.2) is 5.13 Å². The van der Waals surface area contributed by atoms with Crippen LogP contribution >= 0.6 is 11.3 Å². The molecule has 2 aliphatic heterocycles. The molecule has 0 aromatic carbocycles. The molecule has 3 aliphatic rings. The van der Waals surface area contributed by atoms with E-state index < -0.39 is 5.60 Å². The van der Waals surface area contributed by atoms with E-state index in [9.17, 15) is 9.59 Å². The van der Waals surface area contributed by atoms with E-state index in [4.69, 9.17) is 4.74 Å². The molecular weight excluding hydrogens is 326 g/mol. The summed E-state index contributed by atoms with van der Waals surface area (Å²) in [5.74, 6) is -0.366. The third kappa shape index (κ3) is 2.79. The van der Waals surface area contributed by atoms with Gasteiger partial charge in [-0.3, -0.25) is 9.59 Å². The molecule has 1 amide bonds. The van der Waals surface area contributed by atoms with Crippen molar-refractivity contribution in [2.75, 3.05) is 31.1 Å². The van der Waals surface area contributed by atoms with Crippen LogP contribution in [0.3, 0.4) is 0 Å². The molecule has 24 heavy (non-hydrogen) atoms. The van der Waals surface area contributed by atoms with E-state index in [1.807, 2.05) is 16.5 Å². The van der Waals surface area contributed by atoms with Crippen LogP contribution in [0.25, 0.3) is 0 Å². The van der Waals surface area contributed by atoms with Gasteiger partial charge in [-0.2, -0.15) is 0 Å². The smallest absolute Gasteiger partial charge is 0.307 e. The fourth-order valence-corrected chi connectivity index (χ4v) is 5.01. The van der Waals surface area contributed by atoms with Gasteiger partial charge in [0.2, 0.25) is 5.91 Å². The van der Waals surface area contributed by atoms with E-state index in [-0.39, 0.29) is 24.2 Å². The normalized spacial score (nSPS) is 26.7. The first-order valence-electron chi connectivity index (χ1n) is 8.83. The maximum absolute atomic E-state index is 13.1. The summed E-state index contributed by atoms with van der Waals surface area (Å²) in [6.07, 6.45) is 7.02. The molecule has 7 heteroatoms. The number of hydrogen-bond donors (Lipinski definition) is 0. The number of aromatic nitrogens is 1. The number of esters is 1. The van der Waals surface area contributed by atoms with Gasteiger partial charge in [0, 0.05) is 37.8 Å². The molecule has 1 spiro atoms. The number of carbonyl (C=O) groups is 2. The molecule has 3 fully saturated rings. The van der Waals surface area contributed by atoms with E-state index in [2.05, 4.69) is 9.88 Å². The summed E-state index contributed by atoms with van der Waals surface area (Å²) in [6, 6.07) is 0. The topological polar surface area (TPSA) is 62.7 Å². The zero-order valence-corrected chi connectivity index (χ0v) is 14.6. The molecule has 4 rings (SSSR count). The Morgan fingerprint density at radius 1 is 1.21 bits per heavy atom. The zero-order chi connectivity index (χ0) is 16.6. The molecule has 1 aromatic rings. The summed E-state index contributed by atoms with van der Waals surface area (Å²) in [5.41, 5.74) is -0.515. The van der Waals surface area contributed by atoms with Crippen LogP contribution in [-0.4, -0.2) is 53.5 Å². The number of carbonyl (C=O) groups excluding carboxylic acids is 2. The van der Waals surface area contributed by atoms with Gasteiger partial charge in [0.1, 0.15) is 5.60 Å². The van der Waals surface area contributed by atoms with Crippen LogP contribution in [0.5, 0.6) is 0 Å². The fourth-order valence-electron chi connectivity index (χ4n) is 4.32. The maximum atomic E-state index is 13.1. The average molecular weight is 349 g/mol. The number of anilines is 1. The highest BCUT2D eigenvalue weighted by Crippen LogP contribution is 2.45. The minimum Gasteiger partial charge on any atom is -0.458 e. The van der Waals surface area contributed by atoms with Gasteiger partial charge in [-0.15, -0.1) is 11.3 Å². The molecule has 0 unspecified atom stereocenters. The molecule has 3 heterocycles. The minimum atomic E-state index is -0.515. The second-order valence-corrected chi connectivity index (χ2v) is 7.86. The van der Waals surface area contributed by atoms with Gasteiger partial charge in [-0.1, -0.05) is 6.42 Å².